The molecule has 0 aliphatic carbocycles. The van der Waals surface area contributed by atoms with Gasteiger partial charge in [0.25, 0.3) is 0 Å². The van der Waals surface area contributed by atoms with Crippen LogP contribution in [-0.4, -0.2) is 13.6 Å². The van der Waals surface area contributed by atoms with Crippen molar-refractivity contribution in [3.63, 3.8) is 0 Å². The molecule has 0 unspecified atom stereocenters. The van der Waals surface area contributed by atoms with Gasteiger partial charge in [0.2, 0.25) is 0 Å². The molecule has 0 saturated heterocycles. The third-order valence-corrected chi connectivity index (χ3v) is 6.41. The summed E-state index contributed by atoms with van der Waals surface area (Å²) in [6, 6.07) is 4.16. The smallest absolute Gasteiger partial charge is 0.184 e. The van der Waals surface area contributed by atoms with Gasteiger partial charge < -0.3 is 5.32 Å². The van der Waals surface area contributed by atoms with Gasteiger partial charge in [-0.25, -0.2) is 13.2 Å². The van der Waals surface area contributed by atoms with Crippen molar-refractivity contribution in [3.8, 4) is 0 Å². The molecule has 2 rings (SSSR count). The monoisotopic (exact) mass is 505 g/mol. The first-order chi connectivity index (χ1) is 13.8. The van der Waals surface area contributed by atoms with Gasteiger partial charge in [0.05, 0.1) is 17.9 Å². The summed E-state index contributed by atoms with van der Waals surface area (Å²) < 4.78 is 43.7. The minimum Gasteiger partial charge on any atom is -0.374 e. The highest BCUT2D eigenvalue weighted by molar-refractivity contribution is 9.10. The fraction of sp³-hybridized carbons (Fsp3) is 0.200. The molecule has 3 nitrogen and oxygen atoms in total. The molecule has 0 radical (unpaired) electrons. The maximum atomic E-state index is 14.4. The number of hydrazine groups is 1. The second kappa shape index (κ2) is 10.8. The number of thiophene rings is 1. The molecular formula is C20H20BrClF3N3S. The van der Waals surface area contributed by atoms with E-state index in [2.05, 4.69) is 33.3 Å². The third-order valence-electron chi connectivity index (χ3n) is 3.86. The zero-order valence-electron chi connectivity index (χ0n) is 15.8. The van der Waals surface area contributed by atoms with Crippen molar-refractivity contribution >= 4 is 55.2 Å². The molecule has 0 atom stereocenters. The Morgan fingerprint density at radius 1 is 1.38 bits per heavy atom. The van der Waals surface area contributed by atoms with E-state index < -0.39 is 17.5 Å². The summed E-state index contributed by atoms with van der Waals surface area (Å²) in [5, 5.41) is 4.98. The van der Waals surface area contributed by atoms with Gasteiger partial charge in [0, 0.05) is 11.5 Å². The van der Waals surface area contributed by atoms with Crippen molar-refractivity contribution < 1.29 is 13.2 Å². The molecule has 0 aliphatic rings. The number of rotatable bonds is 9. The molecule has 0 aliphatic heterocycles. The minimum absolute atomic E-state index is 0.173. The summed E-state index contributed by atoms with van der Waals surface area (Å²) in [5.41, 5.74) is 3.77. The molecule has 156 valence electrons. The van der Waals surface area contributed by atoms with Gasteiger partial charge in [-0.1, -0.05) is 37.3 Å². The number of halogens is 5. The molecule has 29 heavy (non-hydrogen) atoms. The predicted molar refractivity (Wildman–Crippen MR) is 122 cm³/mol. The Morgan fingerprint density at radius 3 is 2.69 bits per heavy atom. The number of anilines is 3. The second-order valence-corrected chi connectivity index (χ2v) is 8.42. The summed E-state index contributed by atoms with van der Waals surface area (Å²) in [7, 11) is 1.70. The van der Waals surface area contributed by atoms with Crippen LogP contribution in [0.5, 0.6) is 0 Å². The van der Waals surface area contributed by atoms with E-state index >= 15 is 0 Å². The molecule has 0 saturated carbocycles. The van der Waals surface area contributed by atoms with Crippen LogP contribution in [0.2, 0.25) is 4.34 Å². The molecule has 1 aromatic heterocycles. The van der Waals surface area contributed by atoms with Crippen LogP contribution in [-0.2, 0) is 0 Å². The summed E-state index contributed by atoms with van der Waals surface area (Å²) in [6.45, 7) is 5.16. The molecule has 0 bridgehead atoms. The molecular weight excluding hydrogens is 487 g/mol. The van der Waals surface area contributed by atoms with Crippen molar-refractivity contribution in [1.82, 2.24) is 0 Å². The van der Waals surface area contributed by atoms with Crippen molar-refractivity contribution in [3.05, 3.63) is 74.8 Å². The number of benzene rings is 1. The van der Waals surface area contributed by atoms with Crippen LogP contribution in [0.25, 0.3) is 0 Å². The van der Waals surface area contributed by atoms with Gasteiger partial charge in [-0.3, -0.25) is 10.4 Å². The van der Waals surface area contributed by atoms with E-state index in [9.17, 15) is 13.2 Å². The Labute approximate surface area is 185 Å². The van der Waals surface area contributed by atoms with Gasteiger partial charge in [0.15, 0.2) is 11.6 Å². The van der Waals surface area contributed by atoms with Crippen LogP contribution in [0.3, 0.4) is 0 Å². The number of nitrogens with one attached hydrogen (secondary N) is 2. The molecule has 1 aromatic carbocycles. The van der Waals surface area contributed by atoms with Gasteiger partial charge >= 0.3 is 0 Å². The fourth-order valence-corrected chi connectivity index (χ4v) is 4.00. The standard InChI is InChI=1S/C20H20BrClF3N3S/c1-4-6-12(5-2)9-13(23)11-26-19-16(8-7-15(24)18(19)25)27-28(3)17-10-14(21)20(22)29-17/h4,6-10,26-27H,1,5,11H2,2-3H3/b12-6-,13-9+. The van der Waals surface area contributed by atoms with Crippen LogP contribution < -0.4 is 15.8 Å². The first-order valence-electron chi connectivity index (χ1n) is 8.61. The largest absolute Gasteiger partial charge is 0.374 e. The Kier molecular flexibility index (Phi) is 8.67. The van der Waals surface area contributed by atoms with Crippen LogP contribution in [0.1, 0.15) is 13.3 Å². The summed E-state index contributed by atoms with van der Waals surface area (Å²) in [5.74, 6) is -2.65. The zero-order chi connectivity index (χ0) is 21.6. The normalized spacial score (nSPS) is 12.1. The fourth-order valence-electron chi connectivity index (χ4n) is 2.40. The van der Waals surface area contributed by atoms with Crippen LogP contribution in [0, 0.1) is 11.6 Å². The lowest BCUT2D eigenvalue weighted by Gasteiger charge is -2.22. The number of hydrogen-bond acceptors (Lipinski definition) is 4. The zero-order valence-corrected chi connectivity index (χ0v) is 19.0. The first-order valence-corrected chi connectivity index (χ1v) is 10.6. The Balaban J connectivity index is 2.23. The molecule has 0 fully saturated rings. The van der Waals surface area contributed by atoms with E-state index in [4.69, 9.17) is 11.6 Å². The van der Waals surface area contributed by atoms with Crippen LogP contribution in [0.15, 0.2) is 58.9 Å². The van der Waals surface area contributed by atoms with E-state index in [0.29, 0.717) is 10.8 Å². The van der Waals surface area contributed by atoms with E-state index in [1.54, 1.807) is 30.3 Å². The predicted octanol–water partition coefficient (Wildman–Crippen LogP) is 7.69. The quantitative estimate of drug-likeness (QED) is 0.270. The lowest BCUT2D eigenvalue weighted by molar-refractivity contribution is 0.511. The van der Waals surface area contributed by atoms with Gasteiger partial charge in [0.1, 0.15) is 15.2 Å². The maximum Gasteiger partial charge on any atom is 0.184 e. The lowest BCUT2D eigenvalue weighted by atomic mass is 10.1. The molecule has 0 spiro atoms. The minimum atomic E-state index is -1.10. The number of nitrogens with zero attached hydrogens (tertiary/aromatic N) is 1. The maximum absolute atomic E-state index is 14.4. The number of hydrogen-bond donors (Lipinski definition) is 2. The average molecular weight is 507 g/mol. The SMILES string of the molecule is C=C/C=C(\C=C(\F)CNc1c(NN(C)c2cc(Br)c(Cl)s2)ccc(F)c1F)CC. The highest BCUT2D eigenvalue weighted by Crippen LogP contribution is 2.38. The topological polar surface area (TPSA) is 27.3 Å². The summed E-state index contributed by atoms with van der Waals surface area (Å²) >= 11 is 10.7. The highest BCUT2D eigenvalue weighted by Gasteiger charge is 2.16. The summed E-state index contributed by atoms with van der Waals surface area (Å²) in [6.07, 6.45) is 5.21. The van der Waals surface area contributed by atoms with Crippen molar-refractivity contribution in [2.45, 2.75) is 13.3 Å². The van der Waals surface area contributed by atoms with Crippen LogP contribution in [0.4, 0.5) is 29.5 Å². The number of allylic oxidation sites excluding steroid dienone is 4. The average Bonchev–Trinajstić information content (AvgIpc) is 3.02. The molecule has 1 heterocycles. The molecule has 9 heteroatoms. The Bertz CT molecular complexity index is 924. The van der Waals surface area contributed by atoms with E-state index in [-0.39, 0.29) is 17.9 Å². The van der Waals surface area contributed by atoms with Crippen LogP contribution >= 0.6 is 38.9 Å². The van der Waals surface area contributed by atoms with Gasteiger partial charge in [-0.15, -0.1) is 11.3 Å². The summed E-state index contributed by atoms with van der Waals surface area (Å²) in [4.78, 5) is 0. The lowest BCUT2D eigenvalue weighted by Crippen LogP contribution is -2.25. The molecule has 2 aromatic rings. The third kappa shape index (κ3) is 6.29. The molecule has 0 amide bonds. The molecule has 2 N–H and O–H groups in total. The van der Waals surface area contributed by atoms with Crippen molar-refractivity contribution in [2.75, 3.05) is 29.3 Å². The van der Waals surface area contributed by atoms with E-state index in [1.807, 2.05) is 6.92 Å². The van der Waals surface area contributed by atoms with E-state index in [1.165, 1.54) is 23.5 Å². The van der Waals surface area contributed by atoms with Gasteiger partial charge in [-0.2, -0.15) is 0 Å². The van der Waals surface area contributed by atoms with Crippen molar-refractivity contribution in [2.24, 2.45) is 0 Å². The van der Waals surface area contributed by atoms with Gasteiger partial charge in [-0.05, 0) is 52.2 Å². The highest BCUT2D eigenvalue weighted by atomic mass is 79.9. The van der Waals surface area contributed by atoms with E-state index in [0.717, 1.165) is 21.1 Å². The Hall–Kier alpha value is -1.90. The van der Waals surface area contributed by atoms with Crippen molar-refractivity contribution in [1.29, 1.82) is 0 Å². The Morgan fingerprint density at radius 2 is 2.10 bits per heavy atom. The first kappa shape index (κ1) is 23.4. The second-order valence-electron chi connectivity index (χ2n) is 5.94.